The van der Waals surface area contributed by atoms with Gasteiger partial charge < -0.3 is 9.47 Å². The first-order valence-corrected chi connectivity index (χ1v) is 7.77. The van der Waals surface area contributed by atoms with Gasteiger partial charge in [0.05, 0.1) is 5.60 Å². The summed E-state index contributed by atoms with van der Waals surface area (Å²) < 4.78 is 13.2. The Morgan fingerprint density at radius 2 is 2.05 bits per heavy atom. The Morgan fingerprint density at radius 1 is 1.37 bits per heavy atom. The van der Waals surface area contributed by atoms with Gasteiger partial charge in [-0.1, -0.05) is 15.9 Å². The first-order chi connectivity index (χ1) is 8.73. The van der Waals surface area contributed by atoms with Crippen LogP contribution in [-0.4, -0.2) is 17.3 Å². The first-order valence-electron chi connectivity index (χ1n) is 6.45. The van der Waals surface area contributed by atoms with Gasteiger partial charge in [0.15, 0.2) is 0 Å². The summed E-state index contributed by atoms with van der Waals surface area (Å²) in [5.74, 6) is 1.31. The lowest BCUT2D eigenvalue weighted by Crippen LogP contribution is -2.36. The van der Waals surface area contributed by atoms with Crippen LogP contribution in [0.5, 0.6) is 5.75 Å². The number of hydrogen-bond donors (Lipinski definition) is 0. The zero-order chi connectivity index (χ0) is 14.3. The summed E-state index contributed by atoms with van der Waals surface area (Å²) >= 11 is 9.39. The van der Waals surface area contributed by atoms with Crippen molar-refractivity contribution in [3.8, 4) is 5.75 Å². The maximum atomic E-state index is 6.12. The van der Waals surface area contributed by atoms with Crippen molar-refractivity contribution in [3.63, 3.8) is 0 Å². The zero-order valence-electron chi connectivity index (χ0n) is 11.8. The van der Waals surface area contributed by atoms with Gasteiger partial charge in [-0.15, -0.1) is 11.6 Å². The lowest BCUT2D eigenvalue weighted by Gasteiger charge is -2.27. The van der Waals surface area contributed by atoms with Crippen LogP contribution in [0.25, 0.3) is 0 Å². The summed E-state index contributed by atoms with van der Waals surface area (Å²) in [6.45, 7) is 8.36. The summed E-state index contributed by atoms with van der Waals surface area (Å²) in [4.78, 5) is 0. The summed E-state index contributed by atoms with van der Waals surface area (Å²) in [6.07, 6.45) is 0.929. The topological polar surface area (TPSA) is 18.5 Å². The molecule has 1 saturated heterocycles. The Kier molecular flexibility index (Phi) is 4.20. The van der Waals surface area contributed by atoms with E-state index in [1.807, 2.05) is 18.2 Å². The quantitative estimate of drug-likeness (QED) is 0.723. The third-order valence-corrected chi connectivity index (χ3v) is 4.49. The minimum absolute atomic E-state index is 0.0480. The largest absolute Gasteiger partial charge is 0.487 e. The van der Waals surface area contributed by atoms with Crippen molar-refractivity contribution in [3.05, 3.63) is 28.2 Å². The molecule has 0 radical (unpaired) electrons. The lowest BCUT2D eigenvalue weighted by atomic mass is 9.97. The fraction of sp³-hybridized carbons (Fsp3) is 0.600. The molecule has 0 amide bonds. The van der Waals surface area contributed by atoms with E-state index in [1.165, 1.54) is 0 Å². The van der Waals surface area contributed by atoms with E-state index in [1.54, 1.807) is 0 Å². The maximum absolute atomic E-state index is 6.12. The van der Waals surface area contributed by atoms with Crippen molar-refractivity contribution >= 4 is 27.5 Å². The van der Waals surface area contributed by atoms with E-state index in [0.717, 1.165) is 22.2 Å². The second kappa shape index (κ2) is 5.27. The molecule has 1 aliphatic heterocycles. The molecule has 106 valence electrons. The van der Waals surface area contributed by atoms with Gasteiger partial charge in [-0.2, -0.15) is 0 Å². The minimum Gasteiger partial charge on any atom is -0.487 e. The van der Waals surface area contributed by atoms with Crippen LogP contribution in [0.2, 0.25) is 0 Å². The SMILES string of the molecule is CC1(C)CC(Oc2ccc(Br)c(CCl)c2)C(C)(C)O1. The second-order valence-electron chi connectivity index (χ2n) is 6.16. The molecule has 0 aliphatic carbocycles. The summed E-state index contributed by atoms with van der Waals surface area (Å²) in [7, 11) is 0. The highest BCUT2D eigenvalue weighted by Gasteiger charge is 2.47. The highest BCUT2D eigenvalue weighted by molar-refractivity contribution is 9.10. The van der Waals surface area contributed by atoms with E-state index < -0.39 is 0 Å². The molecule has 0 aromatic heterocycles. The van der Waals surface area contributed by atoms with Crippen LogP contribution in [0.15, 0.2) is 22.7 Å². The van der Waals surface area contributed by atoms with Crippen molar-refractivity contribution in [1.82, 2.24) is 0 Å². The predicted molar refractivity (Wildman–Crippen MR) is 82.0 cm³/mol. The smallest absolute Gasteiger partial charge is 0.130 e. The van der Waals surface area contributed by atoms with Crippen molar-refractivity contribution in [2.45, 2.75) is 57.3 Å². The molecule has 1 unspecified atom stereocenters. The maximum Gasteiger partial charge on any atom is 0.130 e. The van der Waals surface area contributed by atoms with Gasteiger partial charge in [0.25, 0.3) is 0 Å². The molecular weight excluding hydrogens is 328 g/mol. The summed E-state index contributed by atoms with van der Waals surface area (Å²) in [5, 5.41) is 0. The van der Waals surface area contributed by atoms with Gasteiger partial charge in [-0.3, -0.25) is 0 Å². The molecule has 1 aromatic rings. The number of benzene rings is 1. The molecule has 0 spiro atoms. The molecule has 19 heavy (non-hydrogen) atoms. The van der Waals surface area contributed by atoms with Gasteiger partial charge in [0.2, 0.25) is 0 Å². The molecule has 1 aliphatic rings. The Bertz CT molecular complexity index is 471. The predicted octanol–water partition coefficient (Wildman–Crippen LogP) is 4.91. The minimum atomic E-state index is -0.280. The van der Waals surface area contributed by atoms with Crippen LogP contribution in [0.4, 0.5) is 0 Å². The Morgan fingerprint density at radius 3 is 2.58 bits per heavy atom. The number of ether oxygens (including phenoxy) is 2. The molecule has 1 fully saturated rings. The van der Waals surface area contributed by atoms with E-state index in [9.17, 15) is 0 Å². The van der Waals surface area contributed by atoms with Crippen LogP contribution >= 0.6 is 27.5 Å². The Labute approximate surface area is 128 Å². The van der Waals surface area contributed by atoms with E-state index >= 15 is 0 Å². The molecule has 1 atom stereocenters. The fourth-order valence-electron chi connectivity index (χ4n) is 2.59. The average molecular weight is 348 g/mol. The van der Waals surface area contributed by atoms with Gasteiger partial charge >= 0.3 is 0 Å². The van der Waals surface area contributed by atoms with Gasteiger partial charge in [-0.05, 0) is 51.5 Å². The van der Waals surface area contributed by atoms with E-state index in [4.69, 9.17) is 21.1 Å². The third-order valence-electron chi connectivity index (χ3n) is 3.43. The fourth-order valence-corrected chi connectivity index (χ4v) is 3.36. The molecule has 2 rings (SSSR count). The molecule has 1 aromatic carbocycles. The summed E-state index contributed by atoms with van der Waals surface area (Å²) in [6, 6.07) is 5.92. The molecule has 1 heterocycles. The van der Waals surface area contributed by atoms with Gasteiger partial charge in [-0.25, -0.2) is 0 Å². The van der Waals surface area contributed by atoms with Gasteiger partial charge in [0.1, 0.15) is 17.5 Å². The number of alkyl halides is 1. The zero-order valence-corrected chi connectivity index (χ0v) is 14.1. The van der Waals surface area contributed by atoms with E-state index in [2.05, 4.69) is 43.6 Å². The molecule has 0 N–H and O–H groups in total. The van der Waals surface area contributed by atoms with Crippen LogP contribution in [-0.2, 0) is 10.6 Å². The molecule has 0 bridgehead atoms. The van der Waals surface area contributed by atoms with Crippen LogP contribution in [0.3, 0.4) is 0 Å². The van der Waals surface area contributed by atoms with Crippen molar-refractivity contribution in [2.75, 3.05) is 0 Å². The molecule has 0 saturated carbocycles. The number of rotatable bonds is 3. The first kappa shape index (κ1) is 15.1. The monoisotopic (exact) mass is 346 g/mol. The molecular formula is C15H20BrClO2. The van der Waals surface area contributed by atoms with E-state index in [-0.39, 0.29) is 17.3 Å². The van der Waals surface area contributed by atoms with Gasteiger partial charge in [0, 0.05) is 16.8 Å². The van der Waals surface area contributed by atoms with Crippen molar-refractivity contribution in [1.29, 1.82) is 0 Å². The van der Waals surface area contributed by atoms with Crippen LogP contribution in [0.1, 0.15) is 39.7 Å². The average Bonchev–Trinajstić information content (AvgIpc) is 2.49. The molecule has 2 nitrogen and oxygen atoms in total. The van der Waals surface area contributed by atoms with E-state index in [0.29, 0.717) is 5.88 Å². The third kappa shape index (κ3) is 3.45. The lowest BCUT2D eigenvalue weighted by molar-refractivity contribution is -0.0846. The normalized spacial score (nSPS) is 24.4. The van der Waals surface area contributed by atoms with Crippen molar-refractivity contribution in [2.24, 2.45) is 0 Å². The Hall–Kier alpha value is -0.250. The van der Waals surface area contributed by atoms with Crippen LogP contribution in [0, 0.1) is 0 Å². The molecule has 4 heteroatoms. The number of halogens is 2. The van der Waals surface area contributed by atoms with Crippen molar-refractivity contribution < 1.29 is 9.47 Å². The Balaban J connectivity index is 2.17. The highest BCUT2D eigenvalue weighted by atomic mass is 79.9. The standard InChI is InChI=1S/C15H20BrClO2/c1-14(2)8-13(15(3,4)19-14)18-11-5-6-12(16)10(7-11)9-17/h5-7,13H,8-9H2,1-4H3. The number of hydrogen-bond acceptors (Lipinski definition) is 2. The highest BCUT2D eigenvalue weighted by Crippen LogP contribution is 2.39. The second-order valence-corrected chi connectivity index (χ2v) is 7.28. The summed E-state index contributed by atoms with van der Waals surface area (Å²) in [5.41, 5.74) is 0.617. The van der Waals surface area contributed by atoms with Crippen LogP contribution < -0.4 is 4.74 Å².